The van der Waals surface area contributed by atoms with Gasteiger partial charge in [0.2, 0.25) is 0 Å². The van der Waals surface area contributed by atoms with Gasteiger partial charge in [0.15, 0.2) is 5.78 Å². The lowest BCUT2D eigenvalue weighted by Crippen LogP contribution is -2.13. The fourth-order valence-corrected chi connectivity index (χ4v) is 1.94. The van der Waals surface area contributed by atoms with Crippen LogP contribution in [0.4, 0.5) is 4.39 Å². The summed E-state index contributed by atoms with van der Waals surface area (Å²) < 4.78 is 23.3. The van der Waals surface area contributed by atoms with E-state index in [9.17, 15) is 9.18 Å². The number of methoxy groups -OCH3 is 1. The standard InChI is InChI=1S/C17H17FO3/c1-20-11-14-3-2-4-17(10-14)21-12-16(19)9-13-5-7-15(18)8-6-13/h2-8,10H,9,11-12H2,1H3. The Balaban J connectivity index is 1.86. The predicted molar refractivity (Wildman–Crippen MR) is 77.8 cm³/mol. The van der Waals surface area contributed by atoms with Gasteiger partial charge in [-0.05, 0) is 35.4 Å². The molecular weight excluding hydrogens is 271 g/mol. The first-order chi connectivity index (χ1) is 10.2. The van der Waals surface area contributed by atoms with Crippen molar-refractivity contribution in [1.29, 1.82) is 0 Å². The fraction of sp³-hybridized carbons (Fsp3) is 0.235. The van der Waals surface area contributed by atoms with Crippen LogP contribution in [0.2, 0.25) is 0 Å². The molecule has 110 valence electrons. The fourth-order valence-electron chi connectivity index (χ4n) is 1.94. The zero-order chi connectivity index (χ0) is 15.1. The Bertz CT molecular complexity index is 593. The molecule has 0 aliphatic carbocycles. The summed E-state index contributed by atoms with van der Waals surface area (Å²) in [6, 6.07) is 13.3. The van der Waals surface area contributed by atoms with Gasteiger partial charge in [-0.25, -0.2) is 4.39 Å². The second-order valence-corrected chi connectivity index (χ2v) is 4.71. The first-order valence-corrected chi connectivity index (χ1v) is 6.64. The largest absolute Gasteiger partial charge is 0.486 e. The Morgan fingerprint density at radius 3 is 2.57 bits per heavy atom. The van der Waals surface area contributed by atoms with E-state index in [2.05, 4.69) is 0 Å². The first-order valence-electron chi connectivity index (χ1n) is 6.64. The summed E-state index contributed by atoms with van der Waals surface area (Å²) in [4.78, 5) is 11.8. The van der Waals surface area contributed by atoms with Crippen LogP contribution < -0.4 is 4.74 Å². The van der Waals surface area contributed by atoms with E-state index in [-0.39, 0.29) is 24.6 Å². The van der Waals surface area contributed by atoms with Crippen LogP contribution >= 0.6 is 0 Å². The SMILES string of the molecule is COCc1cccc(OCC(=O)Cc2ccc(F)cc2)c1. The molecule has 0 aliphatic heterocycles. The van der Waals surface area contributed by atoms with Crippen molar-refractivity contribution in [1.82, 2.24) is 0 Å². The summed E-state index contributed by atoms with van der Waals surface area (Å²) in [5, 5.41) is 0. The monoisotopic (exact) mass is 288 g/mol. The summed E-state index contributed by atoms with van der Waals surface area (Å²) in [6.07, 6.45) is 0.234. The molecule has 0 heterocycles. The zero-order valence-electron chi connectivity index (χ0n) is 11.8. The highest BCUT2D eigenvalue weighted by molar-refractivity contribution is 5.82. The molecule has 3 nitrogen and oxygen atoms in total. The summed E-state index contributed by atoms with van der Waals surface area (Å²) in [5.41, 5.74) is 1.76. The number of hydrogen-bond donors (Lipinski definition) is 0. The second-order valence-electron chi connectivity index (χ2n) is 4.71. The van der Waals surface area contributed by atoms with E-state index in [0.29, 0.717) is 12.4 Å². The van der Waals surface area contributed by atoms with Gasteiger partial charge >= 0.3 is 0 Å². The molecule has 0 fully saturated rings. The van der Waals surface area contributed by atoms with Crippen LogP contribution in [0.3, 0.4) is 0 Å². The average molecular weight is 288 g/mol. The molecule has 0 N–H and O–H groups in total. The van der Waals surface area contributed by atoms with E-state index in [1.807, 2.05) is 18.2 Å². The van der Waals surface area contributed by atoms with Crippen LogP contribution in [0, 0.1) is 5.82 Å². The van der Waals surface area contributed by atoms with Crippen molar-refractivity contribution in [3.05, 3.63) is 65.5 Å². The van der Waals surface area contributed by atoms with Gasteiger partial charge in [-0.2, -0.15) is 0 Å². The van der Waals surface area contributed by atoms with Crippen molar-refractivity contribution in [3.63, 3.8) is 0 Å². The van der Waals surface area contributed by atoms with E-state index >= 15 is 0 Å². The number of hydrogen-bond acceptors (Lipinski definition) is 3. The van der Waals surface area contributed by atoms with Gasteiger partial charge in [0.25, 0.3) is 0 Å². The molecule has 0 bridgehead atoms. The lowest BCUT2D eigenvalue weighted by molar-refractivity contribution is -0.120. The lowest BCUT2D eigenvalue weighted by Gasteiger charge is -2.07. The molecule has 0 aromatic heterocycles. The van der Waals surface area contributed by atoms with Crippen molar-refractivity contribution in [2.45, 2.75) is 13.0 Å². The number of carbonyl (C=O) groups excluding carboxylic acids is 1. The Labute approximate surface area is 123 Å². The summed E-state index contributed by atoms with van der Waals surface area (Å²) in [5.74, 6) is 0.271. The molecule has 0 saturated carbocycles. The highest BCUT2D eigenvalue weighted by Crippen LogP contribution is 2.14. The quantitative estimate of drug-likeness (QED) is 0.785. The van der Waals surface area contributed by atoms with Gasteiger partial charge in [-0.1, -0.05) is 24.3 Å². The first kappa shape index (κ1) is 15.2. The van der Waals surface area contributed by atoms with E-state index in [1.165, 1.54) is 12.1 Å². The Hall–Kier alpha value is -2.20. The number of benzene rings is 2. The molecule has 0 aliphatic rings. The Kier molecular flexibility index (Phi) is 5.46. The number of Topliss-reactive ketones (excluding diaryl/α,β-unsaturated/α-hetero) is 1. The zero-order valence-corrected chi connectivity index (χ0v) is 11.8. The molecule has 0 radical (unpaired) electrons. The predicted octanol–water partition coefficient (Wildman–Crippen LogP) is 3.16. The number of ketones is 1. The van der Waals surface area contributed by atoms with E-state index in [4.69, 9.17) is 9.47 Å². The maximum atomic E-state index is 12.8. The summed E-state index contributed by atoms with van der Waals surface area (Å²) >= 11 is 0. The minimum Gasteiger partial charge on any atom is -0.486 e. The van der Waals surface area contributed by atoms with Crippen LogP contribution in [-0.4, -0.2) is 19.5 Å². The van der Waals surface area contributed by atoms with Gasteiger partial charge in [0.05, 0.1) is 6.61 Å². The van der Waals surface area contributed by atoms with E-state index < -0.39 is 0 Å². The van der Waals surface area contributed by atoms with Gasteiger partial charge in [0.1, 0.15) is 18.2 Å². The van der Waals surface area contributed by atoms with Crippen molar-refractivity contribution in [3.8, 4) is 5.75 Å². The third-order valence-electron chi connectivity index (χ3n) is 2.92. The second kappa shape index (κ2) is 7.55. The topological polar surface area (TPSA) is 35.5 Å². The van der Waals surface area contributed by atoms with Crippen LogP contribution in [-0.2, 0) is 22.6 Å². The van der Waals surface area contributed by atoms with Crippen molar-refractivity contribution in [2.24, 2.45) is 0 Å². The smallest absolute Gasteiger partial charge is 0.174 e. The third kappa shape index (κ3) is 5.00. The van der Waals surface area contributed by atoms with Crippen molar-refractivity contribution in [2.75, 3.05) is 13.7 Å². The number of halogens is 1. The highest BCUT2D eigenvalue weighted by Gasteiger charge is 2.06. The summed E-state index contributed by atoms with van der Waals surface area (Å²) in [6.45, 7) is 0.495. The average Bonchev–Trinajstić information content (AvgIpc) is 2.48. The maximum absolute atomic E-state index is 12.8. The van der Waals surface area contributed by atoms with Gasteiger partial charge in [-0.3, -0.25) is 4.79 Å². The molecule has 2 aromatic rings. The normalized spacial score (nSPS) is 10.4. The maximum Gasteiger partial charge on any atom is 0.174 e. The lowest BCUT2D eigenvalue weighted by atomic mass is 10.1. The van der Waals surface area contributed by atoms with Gasteiger partial charge in [0, 0.05) is 13.5 Å². The minimum absolute atomic E-state index is 0.00614. The molecule has 21 heavy (non-hydrogen) atoms. The number of ether oxygens (including phenoxy) is 2. The van der Waals surface area contributed by atoms with Crippen LogP contribution in [0.15, 0.2) is 48.5 Å². The van der Waals surface area contributed by atoms with Gasteiger partial charge in [-0.15, -0.1) is 0 Å². The summed E-state index contributed by atoms with van der Waals surface area (Å²) in [7, 11) is 1.62. The molecule has 4 heteroatoms. The molecule has 2 rings (SSSR count). The van der Waals surface area contributed by atoms with Crippen LogP contribution in [0.1, 0.15) is 11.1 Å². The molecular formula is C17H17FO3. The van der Waals surface area contributed by atoms with Crippen molar-refractivity contribution >= 4 is 5.78 Å². The minimum atomic E-state index is -0.308. The van der Waals surface area contributed by atoms with Crippen LogP contribution in [0.5, 0.6) is 5.75 Å². The Morgan fingerprint density at radius 1 is 1.10 bits per heavy atom. The highest BCUT2D eigenvalue weighted by atomic mass is 19.1. The molecule has 0 spiro atoms. The molecule has 0 unspecified atom stereocenters. The molecule has 0 atom stereocenters. The number of rotatable bonds is 7. The number of carbonyl (C=O) groups is 1. The molecule has 0 saturated heterocycles. The molecule has 0 amide bonds. The molecule has 2 aromatic carbocycles. The van der Waals surface area contributed by atoms with E-state index in [0.717, 1.165) is 11.1 Å². The third-order valence-corrected chi connectivity index (χ3v) is 2.92. The van der Waals surface area contributed by atoms with Gasteiger partial charge < -0.3 is 9.47 Å². The van der Waals surface area contributed by atoms with Crippen LogP contribution in [0.25, 0.3) is 0 Å². The Morgan fingerprint density at radius 2 is 1.86 bits per heavy atom. The van der Waals surface area contributed by atoms with E-state index in [1.54, 1.807) is 25.3 Å². The van der Waals surface area contributed by atoms with Crippen molar-refractivity contribution < 1.29 is 18.7 Å².